The van der Waals surface area contributed by atoms with E-state index in [1.807, 2.05) is 55.5 Å². The Morgan fingerprint density at radius 3 is 2.52 bits per heavy atom. The molecule has 6 heteroatoms. The molecule has 0 bridgehead atoms. The van der Waals surface area contributed by atoms with Crippen molar-refractivity contribution < 1.29 is 9.53 Å². The molecule has 1 saturated heterocycles. The highest BCUT2D eigenvalue weighted by molar-refractivity contribution is 7.09. The summed E-state index contributed by atoms with van der Waals surface area (Å²) in [6.45, 7) is 6.59. The maximum Gasteiger partial charge on any atom is 0.246 e. The molecule has 0 unspecified atom stereocenters. The van der Waals surface area contributed by atoms with Crippen molar-refractivity contribution >= 4 is 22.9 Å². The maximum absolute atomic E-state index is 13.5. The third kappa shape index (κ3) is 5.34. The summed E-state index contributed by atoms with van der Waals surface area (Å²) >= 11 is 1.80. The van der Waals surface area contributed by atoms with Gasteiger partial charge < -0.3 is 10.1 Å². The van der Waals surface area contributed by atoms with Crippen LogP contribution in [0.15, 0.2) is 66.0 Å². The first-order valence-corrected chi connectivity index (χ1v) is 11.5. The number of anilines is 1. The fourth-order valence-corrected chi connectivity index (χ4v) is 4.83. The van der Waals surface area contributed by atoms with Gasteiger partial charge in [-0.25, -0.2) is 0 Å². The topological polar surface area (TPSA) is 44.8 Å². The number of nitrogens with one attached hydrogen (secondary N) is 1. The Morgan fingerprint density at radius 1 is 1.06 bits per heavy atom. The van der Waals surface area contributed by atoms with Crippen molar-refractivity contribution in [2.24, 2.45) is 0 Å². The van der Waals surface area contributed by atoms with E-state index in [0.717, 1.165) is 43.9 Å². The minimum absolute atomic E-state index is 0.0261. The highest BCUT2D eigenvalue weighted by atomic mass is 32.1. The first kappa shape index (κ1) is 21.6. The number of carbonyl (C=O) groups excluding carboxylic acids is 1. The molecule has 1 aromatic heterocycles. The Bertz CT molecular complexity index is 983. The second-order valence-corrected chi connectivity index (χ2v) is 8.93. The number of carbonyl (C=O) groups is 1. The molecule has 3 aromatic rings. The SMILES string of the molecule is COc1ccc(C)cc1NC(=O)[C@@H](c1ccccc1)N1CCN(Cc2cccs2)CC1. The molecule has 2 heterocycles. The van der Waals surface area contributed by atoms with Crippen LogP contribution in [0.4, 0.5) is 5.69 Å². The minimum atomic E-state index is -0.338. The number of benzene rings is 2. The molecule has 5 nitrogen and oxygen atoms in total. The van der Waals surface area contributed by atoms with Crippen molar-refractivity contribution in [3.8, 4) is 5.75 Å². The van der Waals surface area contributed by atoms with Crippen molar-refractivity contribution in [2.45, 2.75) is 19.5 Å². The third-order valence-electron chi connectivity index (χ3n) is 5.71. The van der Waals surface area contributed by atoms with Gasteiger partial charge in [-0.2, -0.15) is 0 Å². The number of hydrogen-bond acceptors (Lipinski definition) is 5. The van der Waals surface area contributed by atoms with Crippen LogP contribution in [0.1, 0.15) is 22.0 Å². The summed E-state index contributed by atoms with van der Waals surface area (Å²) < 4.78 is 5.46. The highest BCUT2D eigenvalue weighted by Gasteiger charge is 2.31. The number of rotatable bonds is 7. The zero-order chi connectivity index (χ0) is 21.6. The van der Waals surface area contributed by atoms with Crippen molar-refractivity contribution in [2.75, 3.05) is 38.6 Å². The van der Waals surface area contributed by atoms with Gasteiger partial charge in [-0.15, -0.1) is 11.3 Å². The van der Waals surface area contributed by atoms with Gasteiger partial charge >= 0.3 is 0 Å². The molecule has 31 heavy (non-hydrogen) atoms. The Labute approximate surface area is 188 Å². The van der Waals surface area contributed by atoms with E-state index in [9.17, 15) is 4.79 Å². The van der Waals surface area contributed by atoms with Crippen molar-refractivity contribution in [3.05, 3.63) is 82.0 Å². The molecular weight excluding hydrogens is 406 g/mol. The van der Waals surface area contributed by atoms with Gasteiger partial charge in [-0.3, -0.25) is 14.6 Å². The molecule has 2 aromatic carbocycles. The average Bonchev–Trinajstić information content (AvgIpc) is 3.29. The van der Waals surface area contributed by atoms with E-state index in [2.05, 4.69) is 32.6 Å². The summed E-state index contributed by atoms with van der Waals surface area (Å²) in [7, 11) is 1.63. The number of hydrogen-bond donors (Lipinski definition) is 1. The second kappa shape index (κ2) is 10.1. The molecule has 1 amide bonds. The van der Waals surface area contributed by atoms with Crippen LogP contribution < -0.4 is 10.1 Å². The predicted octanol–water partition coefficient (Wildman–Crippen LogP) is 4.56. The van der Waals surface area contributed by atoms with Crippen LogP contribution in [0.25, 0.3) is 0 Å². The van der Waals surface area contributed by atoms with Crippen LogP contribution in [0.2, 0.25) is 0 Å². The van der Waals surface area contributed by atoms with Gasteiger partial charge in [0.2, 0.25) is 5.91 Å². The largest absolute Gasteiger partial charge is 0.495 e. The van der Waals surface area contributed by atoms with Crippen LogP contribution >= 0.6 is 11.3 Å². The number of aryl methyl sites for hydroxylation is 1. The fourth-order valence-electron chi connectivity index (χ4n) is 4.09. The Morgan fingerprint density at radius 2 is 1.84 bits per heavy atom. The third-order valence-corrected chi connectivity index (χ3v) is 6.57. The Balaban J connectivity index is 1.50. The molecule has 162 valence electrons. The summed E-state index contributed by atoms with van der Waals surface area (Å²) in [6, 6.07) is 19.8. The lowest BCUT2D eigenvalue weighted by atomic mass is 10.0. The number of amides is 1. The molecular formula is C25H29N3O2S. The van der Waals surface area contributed by atoms with Crippen LogP contribution in [-0.2, 0) is 11.3 Å². The van der Waals surface area contributed by atoms with Crippen LogP contribution in [0.5, 0.6) is 5.75 Å². The molecule has 0 spiro atoms. The van der Waals surface area contributed by atoms with E-state index in [1.54, 1.807) is 18.4 Å². The van der Waals surface area contributed by atoms with Crippen LogP contribution in [-0.4, -0.2) is 49.0 Å². The first-order chi connectivity index (χ1) is 15.1. The van der Waals surface area contributed by atoms with E-state index in [1.165, 1.54) is 4.88 Å². The zero-order valence-electron chi connectivity index (χ0n) is 18.1. The van der Waals surface area contributed by atoms with Crippen molar-refractivity contribution in [1.82, 2.24) is 9.80 Å². The lowest BCUT2D eigenvalue weighted by Crippen LogP contribution is -2.49. The summed E-state index contributed by atoms with van der Waals surface area (Å²) in [6.07, 6.45) is 0. The molecule has 0 aliphatic carbocycles. The summed E-state index contributed by atoms with van der Waals surface area (Å²) in [5, 5.41) is 5.25. The number of nitrogens with zero attached hydrogens (tertiary/aromatic N) is 2. The monoisotopic (exact) mass is 435 g/mol. The second-order valence-electron chi connectivity index (χ2n) is 7.90. The van der Waals surface area contributed by atoms with Gasteiger partial charge in [0.05, 0.1) is 12.8 Å². The summed E-state index contributed by atoms with van der Waals surface area (Å²) in [5.74, 6) is 0.647. The van der Waals surface area contributed by atoms with Crippen LogP contribution in [0, 0.1) is 6.92 Å². The molecule has 0 saturated carbocycles. The Hall–Kier alpha value is -2.67. The van der Waals surface area contributed by atoms with E-state index >= 15 is 0 Å². The van der Waals surface area contributed by atoms with Crippen molar-refractivity contribution in [3.63, 3.8) is 0 Å². The van der Waals surface area contributed by atoms with E-state index in [0.29, 0.717) is 11.4 Å². The molecule has 1 aliphatic rings. The number of thiophene rings is 1. The van der Waals surface area contributed by atoms with Gasteiger partial charge in [0, 0.05) is 37.6 Å². The Kier molecular flexibility index (Phi) is 7.02. The summed E-state index contributed by atoms with van der Waals surface area (Å²) in [4.78, 5) is 19.6. The lowest BCUT2D eigenvalue weighted by molar-refractivity contribution is -0.122. The lowest BCUT2D eigenvalue weighted by Gasteiger charge is -2.38. The predicted molar refractivity (Wildman–Crippen MR) is 127 cm³/mol. The minimum Gasteiger partial charge on any atom is -0.495 e. The number of ether oxygens (including phenoxy) is 1. The normalized spacial score (nSPS) is 16.1. The molecule has 0 radical (unpaired) electrons. The van der Waals surface area contributed by atoms with Gasteiger partial charge in [-0.1, -0.05) is 42.5 Å². The first-order valence-electron chi connectivity index (χ1n) is 10.6. The molecule has 1 aliphatic heterocycles. The molecule has 4 rings (SSSR count). The molecule has 1 atom stereocenters. The van der Waals surface area contributed by atoms with E-state index in [4.69, 9.17) is 4.74 Å². The smallest absolute Gasteiger partial charge is 0.246 e. The van der Waals surface area contributed by atoms with Crippen LogP contribution in [0.3, 0.4) is 0 Å². The highest BCUT2D eigenvalue weighted by Crippen LogP contribution is 2.29. The average molecular weight is 436 g/mol. The number of methoxy groups -OCH3 is 1. The standard InChI is InChI=1S/C25H29N3O2S/c1-19-10-11-23(30-2)22(17-19)26-25(29)24(20-7-4-3-5-8-20)28-14-12-27(13-15-28)18-21-9-6-16-31-21/h3-11,16-17,24H,12-15,18H2,1-2H3,(H,26,29)/t24-/m1/s1. The van der Waals surface area contributed by atoms with Gasteiger partial charge in [0.1, 0.15) is 11.8 Å². The number of piperazine rings is 1. The fraction of sp³-hybridized carbons (Fsp3) is 0.320. The quantitative estimate of drug-likeness (QED) is 0.591. The zero-order valence-corrected chi connectivity index (χ0v) is 18.9. The van der Waals surface area contributed by atoms with E-state index < -0.39 is 0 Å². The maximum atomic E-state index is 13.5. The molecule has 1 fully saturated rings. The van der Waals surface area contributed by atoms with Gasteiger partial charge in [-0.05, 0) is 41.6 Å². The summed E-state index contributed by atoms with van der Waals surface area (Å²) in [5.41, 5.74) is 2.80. The van der Waals surface area contributed by atoms with Crippen molar-refractivity contribution in [1.29, 1.82) is 0 Å². The van der Waals surface area contributed by atoms with Gasteiger partial charge in [0.25, 0.3) is 0 Å². The van der Waals surface area contributed by atoms with E-state index in [-0.39, 0.29) is 11.9 Å². The van der Waals surface area contributed by atoms with Gasteiger partial charge in [0.15, 0.2) is 0 Å². The molecule has 1 N–H and O–H groups in total.